The van der Waals surface area contributed by atoms with Crippen LogP contribution >= 0.6 is 22.9 Å². The predicted octanol–water partition coefficient (Wildman–Crippen LogP) is 5.80. The fourth-order valence-electron chi connectivity index (χ4n) is 0.724. The van der Waals surface area contributed by atoms with Crippen molar-refractivity contribution in [2.24, 2.45) is 0 Å². The summed E-state index contributed by atoms with van der Waals surface area (Å²) in [5.74, 6) is 0. The van der Waals surface area contributed by atoms with Crippen molar-refractivity contribution in [2.75, 3.05) is 0 Å². The van der Waals surface area contributed by atoms with Gasteiger partial charge in [0.05, 0.1) is 4.34 Å². The molecule has 0 fully saturated rings. The summed E-state index contributed by atoms with van der Waals surface area (Å²) < 4.78 is 0.849. The zero-order valence-electron chi connectivity index (χ0n) is 11.8. The highest BCUT2D eigenvalue weighted by Gasteiger charge is 1.94. The zero-order valence-corrected chi connectivity index (χ0v) is 13.4. The van der Waals surface area contributed by atoms with E-state index in [1.165, 1.54) is 4.88 Å². The van der Waals surface area contributed by atoms with Gasteiger partial charge in [-0.3, -0.25) is 0 Å². The zero-order chi connectivity index (χ0) is 14.4. The molecule has 0 amide bonds. The molecule has 0 spiro atoms. The topological polar surface area (TPSA) is 12.0 Å². The van der Waals surface area contributed by atoms with E-state index in [1.807, 2.05) is 52.1 Å². The summed E-state index contributed by atoms with van der Waals surface area (Å²) in [6.45, 7) is 15.8. The fraction of sp³-hybridized carbons (Fsp3) is 0.333. The van der Waals surface area contributed by atoms with Crippen LogP contribution in [0.5, 0.6) is 0 Å². The van der Waals surface area contributed by atoms with Crippen LogP contribution in [0.4, 0.5) is 0 Å². The normalized spacial score (nSPS) is 8.72. The van der Waals surface area contributed by atoms with Gasteiger partial charge in [0, 0.05) is 11.4 Å². The Balaban J connectivity index is 0. The molecule has 0 atom stereocenters. The van der Waals surface area contributed by atoms with Gasteiger partial charge in [-0.2, -0.15) is 0 Å². The largest absolute Gasteiger partial charge is 0.386 e. The van der Waals surface area contributed by atoms with Gasteiger partial charge in [0.25, 0.3) is 0 Å². The van der Waals surface area contributed by atoms with E-state index >= 15 is 0 Å². The molecule has 0 aliphatic heterocycles. The molecular formula is C15H24ClNS. The van der Waals surface area contributed by atoms with Crippen LogP contribution in [0.1, 0.15) is 32.6 Å². The first-order valence-corrected chi connectivity index (χ1v) is 7.16. The molecular weight excluding hydrogens is 262 g/mol. The third-order valence-electron chi connectivity index (χ3n) is 1.54. The SMILES string of the molecule is C/C=C/NCc1ccc(Cl)s1.C=CC(=C)C.CC. The molecule has 0 saturated heterocycles. The number of allylic oxidation sites excluding steroid dienone is 3. The molecule has 1 N–H and O–H groups in total. The molecule has 1 nitrogen and oxygen atoms in total. The first kappa shape index (κ1) is 19.4. The lowest BCUT2D eigenvalue weighted by Crippen LogP contribution is -2.01. The van der Waals surface area contributed by atoms with Crippen LogP contribution in [0, 0.1) is 0 Å². The molecule has 0 bridgehead atoms. The molecule has 0 saturated carbocycles. The Bertz CT molecular complexity index is 353. The maximum Gasteiger partial charge on any atom is 0.0931 e. The van der Waals surface area contributed by atoms with Crippen LogP contribution in [0.15, 0.2) is 49.2 Å². The van der Waals surface area contributed by atoms with E-state index in [0.717, 1.165) is 16.5 Å². The van der Waals surface area contributed by atoms with Crippen molar-refractivity contribution in [3.05, 3.63) is 58.4 Å². The van der Waals surface area contributed by atoms with Gasteiger partial charge < -0.3 is 5.32 Å². The van der Waals surface area contributed by atoms with Crippen molar-refractivity contribution < 1.29 is 0 Å². The molecule has 1 heterocycles. The van der Waals surface area contributed by atoms with Crippen molar-refractivity contribution >= 4 is 22.9 Å². The standard InChI is InChI=1S/C8H10ClNS.C5H8.C2H6/c1-2-5-10-6-7-3-4-8(9)11-7;1-4-5(2)3;1-2/h2-5,10H,6H2,1H3;4H,1-2H2,3H3;1-2H3/b5-2+;;. The Kier molecular flexibility index (Phi) is 15.1. The van der Waals surface area contributed by atoms with Crippen LogP contribution in [0.3, 0.4) is 0 Å². The summed E-state index contributed by atoms with van der Waals surface area (Å²) in [6, 6.07) is 3.95. The molecule has 0 aromatic carbocycles. The van der Waals surface area contributed by atoms with Crippen LogP contribution in [-0.4, -0.2) is 0 Å². The van der Waals surface area contributed by atoms with Crippen molar-refractivity contribution in [1.29, 1.82) is 0 Å². The lowest BCUT2D eigenvalue weighted by Gasteiger charge is -1.94. The Morgan fingerprint density at radius 2 is 2.00 bits per heavy atom. The monoisotopic (exact) mass is 285 g/mol. The minimum atomic E-state index is 0.849. The van der Waals surface area contributed by atoms with E-state index in [0.29, 0.717) is 0 Å². The highest BCUT2D eigenvalue weighted by Crippen LogP contribution is 2.20. The van der Waals surface area contributed by atoms with E-state index in [2.05, 4.69) is 18.5 Å². The molecule has 0 radical (unpaired) electrons. The first-order chi connectivity index (χ1) is 8.60. The van der Waals surface area contributed by atoms with Crippen LogP contribution in [-0.2, 0) is 6.54 Å². The molecule has 1 aromatic rings. The van der Waals surface area contributed by atoms with E-state index in [1.54, 1.807) is 17.4 Å². The highest BCUT2D eigenvalue weighted by molar-refractivity contribution is 7.16. The summed E-state index contributed by atoms with van der Waals surface area (Å²) in [5.41, 5.74) is 1.02. The summed E-state index contributed by atoms with van der Waals surface area (Å²) in [7, 11) is 0. The third kappa shape index (κ3) is 13.1. The second-order valence-corrected chi connectivity index (χ2v) is 4.94. The smallest absolute Gasteiger partial charge is 0.0931 e. The third-order valence-corrected chi connectivity index (χ3v) is 2.77. The summed E-state index contributed by atoms with van der Waals surface area (Å²) >= 11 is 7.35. The lowest BCUT2D eigenvalue weighted by molar-refractivity contribution is 0.885. The molecule has 0 aliphatic carbocycles. The van der Waals surface area contributed by atoms with Gasteiger partial charge in [-0.15, -0.1) is 11.3 Å². The molecule has 0 unspecified atom stereocenters. The van der Waals surface area contributed by atoms with Gasteiger partial charge in [0.1, 0.15) is 0 Å². The second kappa shape index (κ2) is 14.1. The molecule has 18 heavy (non-hydrogen) atoms. The van der Waals surface area contributed by atoms with Crippen LogP contribution in [0.25, 0.3) is 0 Å². The maximum atomic E-state index is 5.75. The molecule has 1 rings (SSSR count). The Labute approximate surface area is 121 Å². The average molecular weight is 286 g/mol. The fourth-order valence-corrected chi connectivity index (χ4v) is 1.76. The molecule has 0 aliphatic rings. The van der Waals surface area contributed by atoms with E-state index in [9.17, 15) is 0 Å². The lowest BCUT2D eigenvalue weighted by atomic mass is 10.4. The summed E-state index contributed by atoms with van der Waals surface area (Å²) in [5, 5.41) is 3.14. The number of halogens is 1. The van der Waals surface area contributed by atoms with Gasteiger partial charge >= 0.3 is 0 Å². The van der Waals surface area contributed by atoms with Gasteiger partial charge in [-0.05, 0) is 32.2 Å². The number of hydrogen-bond donors (Lipinski definition) is 1. The quantitative estimate of drug-likeness (QED) is 0.690. The van der Waals surface area contributed by atoms with Crippen molar-refractivity contribution in [1.82, 2.24) is 5.32 Å². The van der Waals surface area contributed by atoms with Crippen molar-refractivity contribution in [2.45, 2.75) is 34.2 Å². The average Bonchev–Trinajstić information content (AvgIpc) is 2.79. The molecule has 1 aromatic heterocycles. The number of nitrogens with one attached hydrogen (secondary N) is 1. The maximum absolute atomic E-state index is 5.75. The van der Waals surface area contributed by atoms with E-state index < -0.39 is 0 Å². The van der Waals surface area contributed by atoms with E-state index in [-0.39, 0.29) is 0 Å². The minimum Gasteiger partial charge on any atom is -0.386 e. The number of thiophene rings is 1. The Morgan fingerprint density at radius 3 is 2.33 bits per heavy atom. The minimum absolute atomic E-state index is 0.849. The van der Waals surface area contributed by atoms with E-state index in [4.69, 9.17) is 11.6 Å². The Morgan fingerprint density at radius 1 is 1.44 bits per heavy atom. The number of hydrogen-bond acceptors (Lipinski definition) is 2. The second-order valence-electron chi connectivity index (χ2n) is 3.14. The van der Waals surface area contributed by atoms with Crippen molar-refractivity contribution in [3.63, 3.8) is 0 Å². The summed E-state index contributed by atoms with van der Waals surface area (Å²) in [4.78, 5) is 1.26. The molecule has 102 valence electrons. The van der Waals surface area contributed by atoms with Crippen LogP contribution in [0.2, 0.25) is 4.34 Å². The van der Waals surface area contributed by atoms with Gasteiger partial charge in [-0.25, -0.2) is 0 Å². The first-order valence-electron chi connectivity index (χ1n) is 5.96. The predicted molar refractivity (Wildman–Crippen MR) is 87.3 cm³/mol. The van der Waals surface area contributed by atoms with Crippen molar-refractivity contribution in [3.8, 4) is 0 Å². The molecule has 3 heteroatoms. The number of rotatable bonds is 4. The highest BCUT2D eigenvalue weighted by atomic mass is 35.5. The van der Waals surface area contributed by atoms with Gasteiger partial charge in [-0.1, -0.05) is 56.3 Å². The van der Waals surface area contributed by atoms with Crippen LogP contribution < -0.4 is 5.32 Å². The van der Waals surface area contributed by atoms with Gasteiger partial charge in [0.2, 0.25) is 0 Å². The Hall–Kier alpha value is -0.990. The van der Waals surface area contributed by atoms with Gasteiger partial charge in [0.15, 0.2) is 0 Å². The summed E-state index contributed by atoms with van der Waals surface area (Å²) in [6.07, 6.45) is 5.61.